The van der Waals surface area contributed by atoms with Gasteiger partial charge in [-0.2, -0.15) is 0 Å². The highest BCUT2D eigenvalue weighted by Gasteiger charge is 2.26. The van der Waals surface area contributed by atoms with Crippen molar-refractivity contribution in [1.82, 2.24) is 9.80 Å². The molecule has 94 valence electrons. The fraction of sp³-hybridized carbons (Fsp3) is 0.923. The molecule has 0 aromatic heterocycles. The maximum atomic E-state index is 11.9. The lowest BCUT2D eigenvalue weighted by Gasteiger charge is -2.35. The Morgan fingerprint density at radius 3 is 2.12 bits per heavy atom. The summed E-state index contributed by atoms with van der Waals surface area (Å²) in [6.45, 7) is 8.75. The van der Waals surface area contributed by atoms with Gasteiger partial charge in [0, 0.05) is 24.5 Å². The Kier molecular flexibility index (Phi) is 4.51. The van der Waals surface area contributed by atoms with Crippen LogP contribution in [-0.4, -0.2) is 55.4 Å². The summed E-state index contributed by atoms with van der Waals surface area (Å²) >= 11 is 0. The largest absolute Gasteiger partial charge is 0.306 e. The summed E-state index contributed by atoms with van der Waals surface area (Å²) in [6, 6.07) is 0.695. The maximum absolute atomic E-state index is 11.9. The summed E-state index contributed by atoms with van der Waals surface area (Å²) in [6.07, 6.45) is 2.37. The predicted molar refractivity (Wildman–Crippen MR) is 67.6 cm³/mol. The number of nitrogens with zero attached hydrogens (tertiary/aromatic N) is 2. The van der Waals surface area contributed by atoms with Crippen molar-refractivity contribution in [3.05, 3.63) is 0 Å². The summed E-state index contributed by atoms with van der Waals surface area (Å²) in [4.78, 5) is 16.5. The van der Waals surface area contributed by atoms with Gasteiger partial charge in [-0.05, 0) is 26.9 Å². The van der Waals surface area contributed by atoms with Crippen molar-refractivity contribution in [1.29, 1.82) is 0 Å². The molecule has 0 aromatic rings. The lowest BCUT2D eigenvalue weighted by molar-refractivity contribution is -0.127. The SMILES string of the molecule is CN(C)C1CCN(CC(=O)C(C)(C)C)CC1. The molecule has 1 rings (SSSR count). The van der Waals surface area contributed by atoms with Gasteiger partial charge in [-0.3, -0.25) is 9.69 Å². The molecule has 1 saturated heterocycles. The molecule has 0 atom stereocenters. The van der Waals surface area contributed by atoms with Crippen molar-refractivity contribution in [2.24, 2.45) is 5.41 Å². The Balaban J connectivity index is 2.35. The number of hydrogen-bond donors (Lipinski definition) is 0. The molecular weight excluding hydrogens is 200 g/mol. The van der Waals surface area contributed by atoms with Crippen molar-refractivity contribution < 1.29 is 4.79 Å². The molecule has 1 aliphatic rings. The molecule has 0 N–H and O–H groups in total. The van der Waals surface area contributed by atoms with Crippen molar-refractivity contribution in [3.8, 4) is 0 Å². The van der Waals surface area contributed by atoms with E-state index in [2.05, 4.69) is 23.9 Å². The first-order valence-corrected chi connectivity index (χ1v) is 6.23. The molecule has 0 bridgehead atoms. The Labute approximate surface area is 99.8 Å². The first kappa shape index (κ1) is 13.7. The van der Waals surface area contributed by atoms with Crippen molar-refractivity contribution in [3.63, 3.8) is 0 Å². The van der Waals surface area contributed by atoms with E-state index in [0.717, 1.165) is 13.1 Å². The number of hydrogen-bond acceptors (Lipinski definition) is 3. The highest BCUT2D eigenvalue weighted by atomic mass is 16.1. The average Bonchev–Trinajstić information content (AvgIpc) is 2.17. The van der Waals surface area contributed by atoms with Gasteiger partial charge in [-0.15, -0.1) is 0 Å². The lowest BCUT2D eigenvalue weighted by atomic mass is 9.90. The number of likely N-dealkylation sites (tertiary alicyclic amines) is 1. The zero-order valence-electron chi connectivity index (χ0n) is 11.4. The van der Waals surface area contributed by atoms with Gasteiger partial charge in [-0.1, -0.05) is 20.8 Å². The quantitative estimate of drug-likeness (QED) is 0.731. The highest BCUT2D eigenvalue weighted by Crippen LogP contribution is 2.18. The van der Waals surface area contributed by atoms with Crippen LogP contribution in [0, 0.1) is 5.41 Å². The van der Waals surface area contributed by atoms with Crippen LogP contribution in [-0.2, 0) is 4.79 Å². The van der Waals surface area contributed by atoms with Gasteiger partial charge >= 0.3 is 0 Å². The van der Waals surface area contributed by atoms with Crippen LogP contribution in [0.1, 0.15) is 33.6 Å². The van der Waals surface area contributed by atoms with Gasteiger partial charge in [0.15, 0.2) is 5.78 Å². The van der Waals surface area contributed by atoms with Crippen LogP contribution >= 0.6 is 0 Å². The molecule has 0 radical (unpaired) electrons. The zero-order chi connectivity index (χ0) is 12.3. The second kappa shape index (κ2) is 5.28. The molecule has 0 spiro atoms. The summed E-state index contributed by atoms with van der Waals surface area (Å²) in [5.41, 5.74) is -0.196. The Morgan fingerprint density at radius 2 is 1.75 bits per heavy atom. The Bertz CT molecular complexity index is 235. The van der Waals surface area contributed by atoms with Gasteiger partial charge in [-0.25, -0.2) is 0 Å². The topological polar surface area (TPSA) is 23.6 Å². The summed E-state index contributed by atoms with van der Waals surface area (Å²) in [5, 5.41) is 0. The fourth-order valence-electron chi connectivity index (χ4n) is 2.03. The van der Waals surface area contributed by atoms with E-state index >= 15 is 0 Å². The first-order valence-electron chi connectivity index (χ1n) is 6.23. The number of ketones is 1. The Hall–Kier alpha value is -0.410. The second-order valence-corrected chi connectivity index (χ2v) is 6.14. The fourth-order valence-corrected chi connectivity index (χ4v) is 2.03. The van der Waals surface area contributed by atoms with Gasteiger partial charge < -0.3 is 4.90 Å². The van der Waals surface area contributed by atoms with Crippen LogP contribution in [0.15, 0.2) is 0 Å². The summed E-state index contributed by atoms with van der Waals surface area (Å²) < 4.78 is 0. The van der Waals surface area contributed by atoms with Gasteiger partial charge in [0.05, 0.1) is 6.54 Å². The van der Waals surface area contributed by atoms with Gasteiger partial charge in [0.1, 0.15) is 0 Å². The molecule has 0 amide bonds. The molecule has 3 nitrogen and oxygen atoms in total. The minimum atomic E-state index is -0.196. The van der Waals surface area contributed by atoms with E-state index in [-0.39, 0.29) is 5.41 Å². The van der Waals surface area contributed by atoms with E-state index < -0.39 is 0 Å². The number of rotatable bonds is 3. The minimum Gasteiger partial charge on any atom is -0.306 e. The van der Waals surface area contributed by atoms with Crippen LogP contribution in [0.3, 0.4) is 0 Å². The molecule has 1 aliphatic heterocycles. The molecule has 1 heterocycles. The number of carbonyl (C=O) groups excluding carboxylic acids is 1. The third-order valence-corrected chi connectivity index (χ3v) is 3.49. The van der Waals surface area contributed by atoms with Crippen LogP contribution in [0.25, 0.3) is 0 Å². The molecule has 0 aliphatic carbocycles. The molecule has 3 heteroatoms. The third-order valence-electron chi connectivity index (χ3n) is 3.49. The summed E-state index contributed by atoms with van der Waals surface area (Å²) in [5.74, 6) is 0.357. The van der Waals surface area contributed by atoms with E-state index in [1.54, 1.807) is 0 Å². The van der Waals surface area contributed by atoms with Gasteiger partial charge in [0.2, 0.25) is 0 Å². The minimum absolute atomic E-state index is 0.196. The second-order valence-electron chi connectivity index (χ2n) is 6.14. The van der Waals surface area contributed by atoms with Gasteiger partial charge in [0.25, 0.3) is 0 Å². The van der Waals surface area contributed by atoms with E-state index in [0.29, 0.717) is 18.4 Å². The van der Waals surface area contributed by atoms with Crippen LogP contribution in [0.4, 0.5) is 0 Å². The first-order chi connectivity index (χ1) is 7.30. The maximum Gasteiger partial charge on any atom is 0.152 e. The molecule has 0 saturated carbocycles. The molecule has 0 unspecified atom stereocenters. The van der Waals surface area contributed by atoms with E-state index in [9.17, 15) is 4.79 Å². The van der Waals surface area contributed by atoms with Crippen molar-refractivity contribution in [2.45, 2.75) is 39.7 Å². The molecular formula is C13H26N2O. The van der Waals surface area contributed by atoms with Crippen molar-refractivity contribution in [2.75, 3.05) is 33.7 Å². The van der Waals surface area contributed by atoms with Crippen LogP contribution < -0.4 is 0 Å². The van der Waals surface area contributed by atoms with Crippen LogP contribution in [0.5, 0.6) is 0 Å². The average molecular weight is 226 g/mol. The summed E-state index contributed by atoms with van der Waals surface area (Å²) in [7, 11) is 4.28. The smallest absolute Gasteiger partial charge is 0.152 e. The molecule has 0 aromatic carbocycles. The normalized spacial score (nSPS) is 20.4. The molecule has 1 fully saturated rings. The van der Waals surface area contributed by atoms with E-state index in [4.69, 9.17) is 0 Å². The van der Waals surface area contributed by atoms with E-state index in [1.807, 2.05) is 20.8 Å². The van der Waals surface area contributed by atoms with Crippen molar-refractivity contribution >= 4 is 5.78 Å². The predicted octanol–water partition coefficient (Wildman–Crippen LogP) is 1.63. The van der Waals surface area contributed by atoms with E-state index in [1.165, 1.54) is 12.8 Å². The molecule has 16 heavy (non-hydrogen) atoms. The standard InChI is InChI=1S/C13H26N2O/c1-13(2,3)12(16)10-15-8-6-11(7-9-15)14(4)5/h11H,6-10H2,1-5H3. The number of piperidine rings is 1. The highest BCUT2D eigenvalue weighted by molar-refractivity contribution is 5.85. The monoisotopic (exact) mass is 226 g/mol. The number of carbonyl (C=O) groups is 1. The number of Topliss-reactive ketones (excluding diaryl/α,β-unsaturated/α-hetero) is 1. The lowest BCUT2D eigenvalue weighted by Crippen LogP contribution is -2.45. The third kappa shape index (κ3) is 3.87. The zero-order valence-corrected chi connectivity index (χ0v) is 11.4. The van der Waals surface area contributed by atoms with Crippen LogP contribution in [0.2, 0.25) is 0 Å². The Morgan fingerprint density at radius 1 is 1.25 bits per heavy atom.